The molecule has 0 saturated heterocycles. The topological polar surface area (TPSA) is 61.7 Å². The number of aryl methyl sites for hydroxylation is 1. The zero-order valence-electron chi connectivity index (χ0n) is 11.7. The predicted molar refractivity (Wildman–Crippen MR) is 82.3 cm³/mol. The average molecular weight is 302 g/mol. The van der Waals surface area contributed by atoms with Gasteiger partial charge in [0.05, 0.1) is 28.3 Å². The third-order valence-corrected chi connectivity index (χ3v) is 4.27. The van der Waals surface area contributed by atoms with E-state index in [1.165, 1.54) is 0 Å². The van der Waals surface area contributed by atoms with Crippen LogP contribution in [0.25, 0.3) is 11.0 Å². The summed E-state index contributed by atoms with van der Waals surface area (Å²) in [6.07, 6.45) is 6.04. The average Bonchev–Trinajstić information content (AvgIpc) is 3.08. The van der Waals surface area contributed by atoms with E-state index in [4.69, 9.17) is 22.3 Å². The Bertz CT molecular complexity index is 815. The lowest BCUT2D eigenvalue weighted by molar-refractivity contribution is 0.658. The highest BCUT2D eigenvalue weighted by Gasteiger charge is 2.31. The molecule has 3 aromatic rings. The van der Waals surface area contributed by atoms with Crippen LogP contribution in [0.4, 0.5) is 0 Å². The van der Waals surface area contributed by atoms with Crippen molar-refractivity contribution in [2.75, 3.05) is 0 Å². The summed E-state index contributed by atoms with van der Waals surface area (Å²) in [5.74, 6) is 0.869. The first-order chi connectivity index (χ1) is 10.1. The summed E-state index contributed by atoms with van der Waals surface area (Å²) in [6.45, 7) is 0. The predicted octanol–water partition coefficient (Wildman–Crippen LogP) is 2.81. The van der Waals surface area contributed by atoms with Gasteiger partial charge in [0.2, 0.25) is 0 Å². The molecule has 21 heavy (non-hydrogen) atoms. The van der Waals surface area contributed by atoms with E-state index >= 15 is 0 Å². The van der Waals surface area contributed by atoms with Crippen molar-refractivity contribution in [3.8, 4) is 0 Å². The van der Waals surface area contributed by atoms with Gasteiger partial charge in [-0.2, -0.15) is 5.10 Å². The molecular formula is C15H16ClN5. The maximum absolute atomic E-state index is 6.43. The third kappa shape index (κ3) is 2.04. The highest BCUT2D eigenvalue weighted by molar-refractivity contribution is 6.35. The van der Waals surface area contributed by atoms with Gasteiger partial charge in [-0.15, -0.1) is 0 Å². The second-order valence-electron chi connectivity index (χ2n) is 5.60. The Hall–Kier alpha value is -1.85. The minimum atomic E-state index is -0.289. The number of para-hydroxylation sites is 1. The molecule has 2 aromatic heterocycles. The van der Waals surface area contributed by atoms with Crippen molar-refractivity contribution in [3.05, 3.63) is 47.0 Å². The molecule has 1 fully saturated rings. The van der Waals surface area contributed by atoms with Crippen LogP contribution < -0.4 is 5.73 Å². The van der Waals surface area contributed by atoms with Crippen molar-refractivity contribution < 1.29 is 0 Å². The van der Waals surface area contributed by atoms with Crippen LogP contribution in [0.5, 0.6) is 0 Å². The molecule has 0 aliphatic heterocycles. The Morgan fingerprint density at radius 3 is 2.86 bits per heavy atom. The summed E-state index contributed by atoms with van der Waals surface area (Å²) in [5, 5.41) is 4.93. The van der Waals surface area contributed by atoms with Crippen molar-refractivity contribution in [1.29, 1.82) is 0 Å². The highest BCUT2D eigenvalue weighted by Crippen LogP contribution is 2.42. The Kier molecular flexibility index (Phi) is 2.80. The number of hydrogen-bond donors (Lipinski definition) is 1. The zero-order chi connectivity index (χ0) is 14.6. The summed E-state index contributed by atoms with van der Waals surface area (Å²) in [4.78, 5) is 4.74. The van der Waals surface area contributed by atoms with Gasteiger partial charge >= 0.3 is 0 Å². The first-order valence-electron chi connectivity index (χ1n) is 7.05. The van der Waals surface area contributed by atoms with Crippen molar-refractivity contribution in [1.82, 2.24) is 19.3 Å². The number of hydrogen-bond acceptors (Lipinski definition) is 3. The van der Waals surface area contributed by atoms with Gasteiger partial charge in [-0.25, -0.2) is 4.98 Å². The molecule has 0 radical (unpaired) electrons. The van der Waals surface area contributed by atoms with E-state index in [0.29, 0.717) is 6.04 Å². The molecule has 5 nitrogen and oxygen atoms in total. The Balaban J connectivity index is 1.92. The molecule has 2 heterocycles. The molecule has 0 spiro atoms. The fraction of sp³-hybridized carbons (Fsp3) is 0.333. The molecule has 108 valence electrons. The van der Waals surface area contributed by atoms with Gasteiger partial charge in [0.1, 0.15) is 5.82 Å². The number of aromatic nitrogens is 4. The summed E-state index contributed by atoms with van der Waals surface area (Å²) in [7, 11) is 1.89. The van der Waals surface area contributed by atoms with Crippen LogP contribution in [-0.4, -0.2) is 19.3 Å². The molecule has 2 N–H and O–H groups in total. The summed E-state index contributed by atoms with van der Waals surface area (Å²) in [5.41, 5.74) is 9.30. The number of benzene rings is 1. The molecule has 1 aromatic carbocycles. The van der Waals surface area contributed by atoms with Gasteiger partial charge in [-0.1, -0.05) is 17.7 Å². The van der Waals surface area contributed by atoms with Crippen molar-refractivity contribution in [2.24, 2.45) is 12.8 Å². The lowest BCUT2D eigenvalue weighted by Gasteiger charge is -2.13. The minimum Gasteiger partial charge on any atom is -0.322 e. The SMILES string of the molecule is Cn1cc(C(N)c2nc3cccc(Cl)c3n2C2CC2)cn1. The molecular weight excluding hydrogens is 286 g/mol. The zero-order valence-corrected chi connectivity index (χ0v) is 12.5. The number of fused-ring (bicyclic) bond motifs is 1. The van der Waals surface area contributed by atoms with Crippen LogP contribution >= 0.6 is 11.6 Å². The summed E-state index contributed by atoms with van der Waals surface area (Å²) >= 11 is 6.38. The largest absolute Gasteiger partial charge is 0.322 e. The smallest absolute Gasteiger partial charge is 0.131 e. The van der Waals surface area contributed by atoms with Gasteiger partial charge in [0, 0.05) is 24.8 Å². The van der Waals surface area contributed by atoms with Crippen LogP contribution in [0.3, 0.4) is 0 Å². The van der Waals surface area contributed by atoms with Crippen molar-refractivity contribution >= 4 is 22.6 Å². The van der Waals surface area contributed by atoms with Crippen molar-refractivity contribution in [2.45, 2.75) is 24.9 Å². The monoisotopic (exact) mass is 301 g/mol. The lowest BCUT2D eigenvalue weighted by Crippen LogP contribution is -2.17. The first-order valence-corrected chi connectivity index (χ1v) is 7.43. The number of nitrogens with two attached hydrogens (primary N) is 1. The Morgan fingerprint density at radius 1 is 1.38 bits per heavy atom. The van der Waals surface area contributed by atoms with Crippen LogP contribution in [0.15, 0.2) is 30.6 Å². The molecule has 6 heteroatoms. The fourth-order valence-electron chi connectivity index (χ4n) is 2.80. The summed E-state index contributed by atoms with van der Waals surface area (Å²) in [6, 6.07) is 5.99. The van der Waals surface area contributed by atoms with Crippen LogP contribution in [0, 0.1) is 0 Å². The Morgan fingerprint density at radius 2 is 2.19 bits per heavy atom. The second-order valence-corrected chi connectivity index (χ2v) is 6.01. The lowest BCUT2D eigenvalue weighted by atomic mass is 10.1. The quantitative estimate of drug-likeness (QED) is 0.809. The van der Waals surface area contributed by atoms with Gasteiger partial charge < -0.3 is 10.3 Å². The maximum Gasteiger partial charge on any atom is 0.131 e. The van der Waals surface area contributed by atoms with E-state index in [1.54, 1.807) is 10.9 Å². The standard InChI is InChI=1S/C15H16ClN5/c1-20-8-9(7-18-20)13(17)15-19-12-4-2-3-11(16)14(12)21(15)10-5-6-10/h2-4,7-8,10,13H,5-6,17H2,1H3. The molecule has 4 rings (SSSR count). The number of nitrogens with zero attached hydrogens (tertiary/aromatic N) is 4. The van der Waals surface area contributed by atoms with E-state index in [2.05, 4.69) is 9.67 Å². The maximum atomic E-state index is 6.43. The molecule has 1 atom stereocenters. The van der Waals surface area contributed by atoms with Crippen LogP contribution in [-0.2, 0) is 7.05 Å². The highest BCUT2D eigenvalue weighted by atomic mass is 35.5. The molecule has 1 aliphatic rings. The van der Waals surface area contributed by atoms with E-state index in [0.717, 1.165) is 40.3 Å². The van der Waals surface area contributed by atoms with E-state index in [-0.39, 0.29) is 6.04 Å². The van der Waals surface area contributed by atoms with Gasteiger partial charge in [0.25, 0.3) is 0 Å². The molecule has 0 bridgehead atoms. The molecule has 1 unspecified atom stereocenters. The fourth-order valence-corrected chi connectivity index (χ4v) is 3.06. The second kappa shape index (κ2) is 4.58. The minimum absolute atomic E-state index is 0.289. The molecule has 1 aliphatic carbocycles. The van der Waals surface area contributed by atoms with Gasteiger partial charge in [-0.05, 0) is 25.0 Å². The van der Waals surface area contributed by atoms with Crippen LogP contribution in [0.1, 0.15) is 36.3 Å². The number of imidazole rings is 1. The number of halogens is 1. The normalized spacial score (nSPS) is 16.5. The van der Waals surface area contributed by atoms with Gasteiger partial charge in [0.15, 0.2) is 0 Å². The van der Waals surface area contributed by atoms with E-state index in [1.807, 2.05) is 31.4 Å². The first kappa shape index (κ1) is 12.9. The third-order valence-electron chi connectivity index (χ3n) is 3.96. The summed E-state index contributed by atoms with van der Waals surface area (Å²) < 4.78 is 3.97. The van der Waals surface area contributed by atoms with E-state index < -0.39 is 0 Å². The molecule has 1 saturated carbocycles. The number of rotatable bonds is 3. The van der Waals surface area contributed by atoms with Crippen LogP contribution in [0.2, 0.25) is 5.02 Å². The molecule has 0 amide bonds. The van der Waals surface area contributed by atoms with E-state index in [9.17, 15) is 0 Å². The van der Waals surface area contributed by atoms with Gasteiger partial charge in [-0.3, -0.25) is 4.68 Å². The Labute approximate surface area is 127 Å². The van der Waals surface area contributed by atoms with Crippen molar-refractivity contribution in [3.63, 3.8) is 0 Å².